The number of anilines is 1. The molecule has 4 N–H and O–H groups in total. The number of amides is 1. The van der Waals surface area contributed by atoms with Gasteiger partial charge in [-0.3, -0.25) is 9.78 Å². The van der Waals surface area contributed by atoms with Crippen LogP contribution in [0.2, 0.25) is 10.0 Å². The summed E-state index contributed by atoms with van der Waals surface area (Å²) in [4.78, 5) is 19.9. The van der Waals surface area contributed by atoms with Gasteiger partial charge in [0.1, 0.15) is 11.7 Å². The fraction of sp³-hybridized carbons (Fsp3) is 0.0667. The summed E-state index contributed by atoms with van der Waals surface area (Å²) in [5.74, 6) is -0.790. The third-order valence-corrected chi connectivity index (χ3v) is 4.39. The lowest BCUT2D eigenvalue weighted by molar-refractivity contribution is 0.0997. The molecule has 0 aliphatic rings. The quantitative estimate of drug-likeness (QED) is 0.726. The molecule has 0 fully saturated rings. The molecule has 0 aliphatic carbocycles. The van der Waals surface area contributed by atoms with Crippen LogP contribution in [-0.4, -0.2) is 20.4 Å². The van der Waals surface area contributed by atoms with Gasteiger partial charge in [0, 0.05) is 42.2 Å². The molecule has 3 aromatic heterocycles. The molecule has 120 valence electrons. The zero-order valence-electron chi connectivity index (χ0n) is 12.3. The van der Waals surface area contributed by atoms with E-state index < -0.39 is 5.91 Å². The Morgan fingerprint density at radius 1 is 1.38 bits per heavy atom. The van der Waals surface area contributed by atoms with E-state index in [1.54, 1.807) is 17.8 Å². The van der Waals surface area contributed by atoms with Gasteiger partial charge in [0.25, 0.3) is 5.91 Å². The smallest absolute Gasteiger partial charge is 0.269 e. The Morgan fingerprint density at radius 3 is 2.71 bits per heavy atom. The summed E-state index contributed by atoms with van der Waals surface area (Å²) in [5.41, 5.74) is 12.9. The van der Waals surface area contributed by atoms with Crippen LogP contribution in [0.4, 0.5) is 5.69 Å². The van der Waals surface area contributed by atoms with Gasteiger partial charge < -0.3 is 16.0 Å². The van der Waals surface area contributed by atoms with Crippen molar-refractivity contribution in [1.82, 2.24) is 14.5 Å². The number of nitrogens with two attached hydrogens (primary N) is 2. The average Bonchev–Trinajstić information content (AvgIpc) is 2.86. The highest BCUT2D eigenvalue weighted by molar-refractivity contribution is 6.44. The predicted molar refractivity (Wildman–Crippen MR) is 91.6 cm³/mol. The minimum atomic E-state index is -0.790. The van der Waals surface area contributed by atoms with E-state index >= 15 is 0 Å². The lowest BCUT2D eigenvalue weighted by atomic mass is 9.99. The number of carbonyl (C=O) groups is 1. The Kier molecular flexibility index (Phi) is 3.79. The van der Waals surface area contributed by atoms with Crippen molar-refractivity contribution < 1.29 is 4.79 Å². The number of fused-ring (bicyclic) bond motifs is 1. The largest absolute Gasteiger partial charge is 0.396 e. The molecule has 0 saturated carbocycles. The second kappa shape index (κ2) is 5.67. The van der Waals surface area contributed by atoms with Gasteiger partial charge in [-0.25, -0.2) is 4.98 Å². The molecule has 0 aliphatic heterocycles. The predicted octanol–water partition coefficient (Wildman–Crippen LogP) is 2.49. The number of hydrogen-bond acceptors (Lipinski definition) is 5. The van der Waals surface area contributed by atoms with Crippen LogP contribution in [-0.2, 0) is 7.05 Å². The van der Waals surface area contributed by atoms with Crippen LogP contribution in [0.1, 0.15) is 16.1 Å². The average molecular weight is 361 g/mol. The zero-order valence-corrected chi connectivity index (χ0v) is 13.9. The number of pyridine rings is 2. The standard InChI is InChI=1S/C15H10Cl2N6O/c1-23-5-6(2-18)9-10(7-3-21-4-8(16)11(7)17)12(19)13(14(20)24)22-15(9)23/h3-5H,19H2,1H3,(H2,20,24). The number of nitrogen functional groups attached to an aromatic ring is 1. The van der Waals surface area contributed by atoms with Crippen molar-refractivity contribution in [2.75, 3.05) is 5.73 Å². The molecule has 3 heterocycles. The van der Waals surface area contributed by atoms with Crippen molar-refractivity contribution >= 4 is 45.8 Å². The molecule has 9 heteroatoms. The number of aromatic nitrogens is 3. The third-order valence-electron chi connectivity index (χ3n) is 3.60. The number of primary amides is 1. The Hall–Kier alpha value is -2.82. The van der Waals surface area contributed by atoms with Gasteiger partial charge in [0.05, 0.1) is 21.3 Å². The topological polar surface area (TPSA) is 124 Å². The van der Waals surface area contributed by atoms with E-state index in [1.165, 1.54) is 12.4 Å². The molecule has 0 bridgehead atoms. The molecular weight excluding hydrogens is 351 g/mol. The van der Waals surface area contributed by atoms with Gasteiger partial charge in [0.2, 0.25) is 0 Å². The van der Waals surface area contributed by atoms with Gasteiger partial charge >= 0.3 is 0 Å². The molecule has 3 rings (SSSR count). The zero-order chi connectivity index (χ0) is 17.6. The summed E-state index contributed by atoms with van der Waals surface area (Å²) < 4.78 is 1.61. The fourth-order valence-electron chi connectivity index (χ4n) is 2.56. The first-order valence-corrected chi connectivity index (χ1v) is 7.40. The van der Waals surface area contributed by atoms with Gasteiger partial charge in [-0.2, -0.15) is 5.26 Å². The van der Waals surface area contributed by atoms with Crippen molar-refractivity contribution in [2.24, 2.45) is 12.8 Å². The molecule has 0 unspecified atom stereocenters. The monoisotopic (exact) mass is 360 g/mol. The molecule has 0 spiro atoms. The molecule has 1 amide bonds. The van der Waals surface area contributed by atoms with E-state index in [1.807, 2.05) is 0 Å². The number of nitriles is 1. The first-order chi connectivity index (χ1) is 11.4. The molecule has 0 atom stereocenters. The Labute approximate surface area is 146 Å². The highest BCUT2D eigenvalue weighted by Crippen LogP contribution is 2.41. The SMILES string of the molecule is Cn1cc(C#N)c2c(-c3cncc(Cl)c3Cl)c(N)c(C(N)=O)nc21. The Bertz CT molecular complexity index is 1050. The van der Waals surface area contributed by atoms with E-state index in [-0.39, 0.29) is 21.4 Å². The number of rotatable bonds is 2. The Balaban J connectivity index is 2.58. The van der Waals surface area contributed by atoms with Gasteiger partial charge in [-0.1, -0.05) is 23.2 Å². The van der Waals surface area contributed by atoms with Crippen molar-refractivity contribution in [2.45, 2.75) is 0 Å². The third kappa shape index (κ3) is 2.24. The van der Waals surface area contributed by atoms with E-state index in [9.17, 15) is 10.1 Å². The number of hydrogen-bond donors (Lipinski definition) is 2. The first-order valence-electron chi connectivity index (χ1n) is 6.64. The maximum absolute atomic E-state index is 11.7. The normalized spacial score (nSPS) is 10.8. The summed E-state index contributed by atoms with van der Waals surface area (Å²) >= 11 is 12.3. The highest BCUT2D eigenvalue weighted by Gasteiger charge is 2.24. The van der Waals surface area contributed by atoms with E-state index in [2.05, 4.69) is 16.0 Å². The maximum atomic E-state index is 11.7. The summed E-state index contributed by atoms with van der Waals surface area (Å²) in [6, 6.07) is 2.08. The van der Waals surface area contributed by atoms with Crippen molar-refractivity contribution in [3.05, 3.63) is 39.9 Å². The Morgan fingerprint density at radius 2 is 2.08 bits per heavy atom. The van der Waals surface area contributed by atoms with Crippen molar-refractivity contribution in [3.63, 3.8) is 0 Å². The molecule has 0 radical (unpaired) electrons. The number of halogens is 2. The summed E-state index contributed by atoms with van der Waals surface area (Å²) in [5, 5.41) is 10.3. The molecule has 0 aromatic carbocycles. The second-order valence-electron chi connectivity index (χ2n) is 5.06. The molecule has 24 heavy (non-hydrogen) atoms. The van der Waals surface area contributed by atoms with Crippen LogP contribution < -0.4 is 11.5 Å². The lowest BCUT2D eigenvalue weighted by Gasteiger charge is -2.13. The van der Waals surface area contributed by atoms with Gasteiger partial charge in [0.15, 0.2) is 5.69 Å². The second-order valence-corrected chi connectivity index (χ2v) is 5.85. The molecular formula is C15H10Cl2N6O. The lowest BCUT2D eigenvalue weighted by Crippen LogP contribution is -2.17. The number of nitrogens with zero attached hydrogens (tertiary/aromatic N) is 4. The summed E-state index contributed by atoms with van der Waals surface area (Å²) in [6.45, 7) is 0. The van der Waals surface area contributed by atoms with Crippen LogP contribution in [0.15, 0.2) is 18.6 Å². The van der Waals surface area contributed by atoms with Crippen LogP contribution in [0, 0.1) is 11.3 Å². The van der Waals surface area contributed by atoms with Crippen LogP contribution >= 0.6 is 23.2 Å². The number of aryl methyl sites for hydroxylation is 1. The number of carbonyl (C=O) groups excluding carboxylic acids is 1. The van der Waals surface area contributed by atoms with E-state index in [0.717, 1.165) is 0 Å². The minimum Gasteiger partial charge on any atom is -0.396 e. The van der Waals surface area contributed by atoms with Crippen LogP contribution in [0.25, 0.3) is 22.2 Å². The van der Waals surface area contributed by atoms with Crippen LogP contribution in [0.5, 0.6) is 0 Å². The van der Waals surface area contributed by atoms with Crippen LogP contribution in [0.3, 0.4) is 0 Å². The van der Waals surface area contributed by atoms with E-state index in [0.29, 0.717) is 27.7 Å². The molecule has 3 aromatic rings. The fourth-order valence-corrected chi connectivity index (χ4v) is 2.91. The molecule has 7 nitrogen and oxygen atoms in total. The minimum absolute atomic E-state index is 0.0173. The molecule has 0 saturated heterocycles. The summed E-state index contributed by atoms with van der Waals surface area (Å²) in [7, 11) is 1.69. The first kappa shape index (κ1) is 16.1. The summed E-state index contributed by atoms with van der Waals surface area (Å²) in [6.07, 6.45) is 4.42. The highest BCUT2D eigenvalue weighted by atomic mass is 35.5. The van der Waals surface area contributed by atoms with Crippen molar-refractivity contribution in [1.29, 1.82) is 5.26 Å². The van der Waals surface area contributed by atoms with E-state index in [4.69, 9.17) is 34.7 Å². The maximum Gasteiger partial charge on any atom is 0.269 e. The van der Waals surface area contributed by atoms with Gasteiger partial charge in [-0.05, 0) is 0 Å². The van der Waals surface area contributed by atoms with Gasteiger partial charge in [-0.15, -0.1) is 0 Å². The van der Waals surface area contributed by atoms with Crippen molar-refractivity contribution in [3.8, 4) is 17.2 Å².